The summed E-state index contributed by atoms with van der Waals surface area (Å²) in [5.41, 5.74) is 0.635. The quantitative estimate of drug-likeness (QED) is 0.408. The number of carboxylic acid groups (broad SMARTS) is 1. The molecule has 0 heterocycles. The Morgan fingerprint density at radius 2 is 2.06 bits per heavy atom. The lowest BCUT2D eigenvalue weighted by Crippen LogP contribution is -2.26. The molecule has 0 saturated carbocycles. The predicted molar refractivity (Wildman–Crippen MR) is 60.9 cm³/mol. The van der Waals surface area contributed by atoms with Crippen molar-refractivity contribution in [1.29, 1.82) is 0 Å². The van der Waals surface area contributed by atoms with Crippen molar-refractivity contribution in [2.75, 3.05) is 6.61 Å². The summed E-state index contributed by atoms with van der Waals surface area (Å²) in [5.74, 6) is -3.12. The third kappa shape index (κ3) is 4.59. The van der Waals surface area contributed by atoms with Crippen LogP contribution in [0.15, 0.2) is 37.0 Å². The highest BCUT2D eigenvalue weighted by Gasteiger charge is 2.27. The summed E-state index contributed by atoms with van der Waals surface area (Å²) in [6.45, 7) is 8.82. The Balaban J connectivity index is 4.74. The fourth-order valence-electron chi connectivity index (χ4n) is 1.12. The molecule has 0 aromatic heterocycles. The van der Waals surface area contributed by atoms with Crippen molar-refractivity contribution >= 4 is 11.9 Å². The molecule has 88 valence electrons. The standard InChI is InChI=1S/C12H16O4/c1-4-7-9(5-2)8-10(11(13)14)12(15)16-6-3/h4-5,7,10H,1-2,6,8H2,3H3,(H,13,14)/b9-7+. The van der Waals surface area contributed by atoms with Crippen molar-refractivity contribution in [2.24, 2.45) is 5.92 Å². The molecule has 0 bridgehead atoms. The molecule has 0 fully saturated rings. The van der Waals surface area contributed by atoms with Crippen LogP contribution in [0.4, 0.5) is 0 Å². The van der Waals surface area contributed by atoms with Gasteiger partial charge in [-0.15, -0.1) is 0 Å². The van der Waals surface area contributed by atoms with E-state index in [1.54, 1.807) is 13.0 Å². The minimum Gasteiger partial charge on any atom is -0.481 e. The number of hydrogen-bond donors (Lipinski definition) is 1. The van der Waals surface area contributed by atoms with E-state index in [1.807, 2.05) is 0 Å². The summed E-state index contributed by atoms with van der Waals surface area (Å²) in [5, 5.41) is 8.89. The van der Waals surface area contributed by atoms with Gasteiger partial charge in [0, 0.05) is 0 Å². The molecule has 0 radical (unpaired) electrons. The molecular weight excluding hydrogens is 208 g/mol. The van der Waals surface area contributed by atoms with Crippen LogP contribution in [0.2, 0.25) is 0 Å². The zero-order chi connectivity index (χ0) is 12.6. The molecule has 0 rings (SSSR count). The summed E-state index contributed by atoms with van der Waals surface area (Å²) in [7, 11) is 0. The maximum atomic E-state index is 11.3. The molecule has 0 aromatic rings. The maximum absolute atomic E-state index is 11.3. The van der Waals surface area contributed by atoms with Crippen molar-refractivity contribution in [1.82, 2.24) is 0 Å². The Morgan fingerprint density at radius 3 is 2.44 bits per heavy atom. The fourth-order valence-corrected chi connectivity index (χ4v) is 1.12. The summed E-state index contributed by atoms with van der Waals surface area (Å²) >= 11 is 0. The number of hydrogen-bond acceptors (Lipinski definition) is 3. The summed E-state index contributed by atoms with van der Waals surface area (Å²) < 4.78 is 4.68. The van der Waals surface area contributed by atoms with Crippen molar-refractivity contribution in [3.63, 3.8) is 0 Å². The minimum atomic E-state index is -1.20. The van der Waals surface area contributed by atoms with Gasteiger partial charge >= 0.3 is 11.9 Å². The number of carbonyl (C=O) groups excluding carboxylic acids is 1. The highest BCUT2D eigenvalue weighted by molar-refractivity contribution is 5.94. The monoisotopic (exact) mass is 224 g/mol. The van der Waals surface area contributed by atoms with E-state index < -0.39 is 17.9 Å². The van der Waals surface area contributed by atoms with Gasteiger partial charge in [0.25, 0.3) is 0 Å². The van der Waals surface area contributed by atoms with E-state index in [9.17, 15) is 9.59 Å². The third-order valence-electron chi connectivity index (χ3n) is 1.90. The third-order valence-corrected chi connectivity index (χ3v) is 1.90. The van der Waals surface area contributed by atoms with Crippen molar-refractivity contribution in [3.05, 3.63) is 37.0 Å². The van der Waals surface area contributed by atoms with E-state index in [0.29, 0.717) is 5.57 Å². The van der Waals surface area contributed by atoms with Gasteiger partial charge in [0.15, 0.2) is 5.92 Å². The van der Waals surface area contributed by atoms with E-state index in [4.69, 9.17) is 5.11 Å². The summed E-state index contributed by atoms with van der Waals surface area (Å²) in [6, 6.07) is 0. The molecule has 16 heavy (non-hydrogen) atoms. The maximum Gasteiger partial charge on any atom is 0.320 e. The molecular formula is C12H16O4. The Labute approximate surface area is 94.9 Å². The van der Waals surface area contributed by atoms with Crippen molar-refractivity contribution in [2.45, 2.75) is 13.3 Å². The zero-order valence-corrected chi connectivity index (χ0v) is 9.31. The first-order valence-corrected chi connectivity index (χ1v) is 4.90. The lowest BCUT2D eigenvalue weighted by Gasteiger charge is -2.11. The van der Waals surface area contributed by atoms with Gasteiger partial charge in [-0.2, -0.15) is 0 Å². The lowest BCUT2D eigenvalue weighted by molar-refractivity contribution is -0.158. The molecule has 0 spiro atoms. The average molecular weight is 224 g/mol. The topological polar surface area (TPSA) is 63.6 Å². The van der Waals surface area contributed by atoms with Crippen LogP contribution in [0.25, 0.3) is 0 Å². The first kappa shape index (κ1) is 14.2. The van der Waals surface area contributed by atoms with Gasteiger partial charge in [-0.1, -0.05) is 31.4 Å². The molecule has 0 aliphatic carbocycles. The van der Waals surface area contributed by atoms with E-state index >= 15 is 0 Å². The van der Waals surface area contributed by atoms with Gasteiger partial charge < -0.3 is 9.84 Å². The number of esters is 1. The molecule has 0 aliphatic rings. The van der Waals surface area contributed by atoms with Crippen LogP contribution in [0.3, 0.4) is 0 Å². The Hall–Kier alpha value is -1.84. The Bertz CT molecular complexity index is 315. The summed E-state index contributed by atoms with van der Waals surface area (Å²) in [6.07, 6.45) is 4.68. The zero-order valence-electron chi connectivity index (χ0n) is 9.31. The van der Waals surface area contributed by atoms with Gasteiger partial charge in [-0.05, 0) is 18.9 Å². The SMILES string of the molecule is C=C/C=C(\C=C)CC(C(=O)O)C(=O)OCC. The van der Waals surface area contributed by atoms with Crippen LogP contribution >= 0.6 is 0 Å². The van der Waals surface area contributed by atoms with Gasteiger partial charge in [-0.3, -0.25) is 9.59 Å². The number of carbonyl (C=O) groups is 2. The first-order chi connectivity index (χ1) is 7.56. The number of carboxylic acids is 1. The predicted octanol–water partition coefficient (Wildman–Crippen LogP) is 1.94. The van der Waals surface area contributed by atoms with Crippen molar-refractivity contribution in [3.8, 4) is 0 Å². The largest absolute Gasteiger partial charge is 0.481 e. The second-order valence-electron chi connectivity index (χ2n) is 3.03. The number of allylic oxidation sites excluding steroid dienone is 4. The lowest BCUT2D eigenvalue weighted by atomic mass is 9.99. The number of rotatable bonds is 7. The normalized spacial score (nSPS) is 12.7. The molecule has 1 unspecified atom stereocenters. The minimum absolute atomic E-state index is 0.0592. The smallest absolute Gasteiger partial charge is 0.320 e. The second kappa shape index (κ2) is 7.45. The van der Waals surface area contributed by atoms with Gasteiger partial charge in [-0.25, -0.2) is 0 Å². The van der Waals surface area contributed by atoms with Gasteiger partial charge in [0.05, 0.1) is 6.61 Å². The molecule has 0 saturated heterocycles. The first-order valence-electron chi connectivity index (χ1n) is 4.90. The van der Waals surface area contributed by atoms with Crippen molar-refractivity contribution < 1.29 is 19.4 Å². The van der Waals surface area contributed by atoms with Crippen LogP contribution in [-0.2, 0) is 14.3 Å². The molecule has 1 N–H and O–H groups in total. The molecule has 0 aliphatic heterocycles. The molecule has 0 amide bonds. The Morgan fingerprint density at radius 1 is 1.44 bits per heavy atom. The van der Waals surface area contributed by atoms with E-state index in [-0.39, 0.29) is 13.0 Å². The second-order valence-corrected chi connectivity index (χ2v) is 3.03. The number of aliphatic carboxylic acids is 1. The van der Waals surface area contributed by atoms with Crippen LogP contribution < -0.4 is 0 Å². The van der Waals surface area contributed by atoms with E-state index in [2.05, 4.69) is 17.9 Å². The number of ether oxygens (including phenoxy) is 1. The molecule has 4 nitrogen and oxygen atoms in total. The van der Waals surface area contributed by atoms with Crippen LogP contribution in [-0.4, -0.2) is 23.7 Å². The fraction of sp³-hybridized carbons (Fsp3) is 0.333. The highest BCUT2D eigenvalue weighted by atomic mass is 16.5. The Kier molecular flexibility index (Phi) is 6.59. The molecule has 0 aromatic carbocycles. The molecule has 1 atom stereocenters. The van der Waals surface area contributed by atoms with Crippen LogP contribution in [0.1, 0.15) is 13.3 Å². The van der Waals surface area contributed by atoms with Crippen LogP contribution in [0.5, 0.6) is 0 Å². The molecule has 4 heteroatoms. The van der Waals surface area contributed by atoms with E-state index in [1.165, 1.54) is 12.2 Å². The van der Waals surface area contributed by atoms with E-state index in [0.717, 1.165) is 0 Å². The van der Waals surface area contributed by atoms with Crippen LogP contribution in [0, 0.1) is 5.92 Å². The highest BCUT2D eigenvalue weighted by Crippen LogP contribution is 2.15. The summed E-state index contributed by atoms with van der Waals surface area (Å²) in [4.78, 5) is 22.2. The average Bonchev–Trinajstić information content (AvgIpc) is 2.23. The van der Waals surface area contributed by atoms with Gasteiger partial charge in [0.1, 0.15) is 0 Å². The van der Waals surface area contributed by atoms with Gasteiger partial charge in [0.2, 0.25) is 0 Å².